The van der Waals surface area contributed by atoms with E-state index < -0.39 is 15.9 Å². The van der Waals surface area contributed by atoms with Crippen molar-refractivity contribution in [3.8, 4) is 0 Å². The third-order valence-corrected chi connectivity index (χ3v) is 6.07. The molecule has 2 heterocycles. The predicted octanol–water partition coefficient (Wildman–Crippen LogP) is 0.287. The molecule has 2 unspecified atom stereocenters. The number of hydrogen-bond donors (Lipinski definition) is 2. The number of nitrogens with two attached hydrogens (primary N) is 1. The normalized spacial score (nSPS) is 23.0. The zero-order valence-corrected chi connectivity index (χ0v) is 16.2. The number of carbonyl (C=O) groups excluding carboxylic acids is 2. The second kappa shape index (κ2) is 7.95. The summed E-state index contributed by atoms with van der Waals surface area (Å²) >= 11 is 0. The van der Waals surface area contributed by atoms with Crippen LogP contribution in [0.4, 0.5) is 5.69 Å². The SMILES string of the molecule is CCCN(C(=O)C1CC(=O)N(c2cccc(S(N)(=O)=O)c2)C1)C1CCNC1. The molecule has 27 heavy (non-hydrogen) atoms. The first-order valence-corrected chi connectivity index (χ1v) is 10.8. The van der Waals surface area contributed by atoms with Crippen LogP contribution in [0.5, 0.6) is 0 Å². The molecular formula is C18H26N4O4S. The third-order valence-electron chi connectivity index (χ3n) is 5.15. The summed E-state index contributed by atoms with van der Waals surface area (Å²) in [6.07, 6.45) is 1.92. The molecule has 1 aromatic rings. The molecule has 0 aliphatic carbocycles. The first kappa shape index (κ1) is 19.8. The Labute approximate surface area is 159 Å². The summed E-state index contributed by atoms with van der Waals surface area (Å²) in [6, 6.07) is 6.14. The minimum Gasteiger partial charge on any atom is -0.338 e. The first-order valence-electron chi connectivity index (χ1n) is 9.25. The van der Waals surface area contributed by atoms with E-state index in [9.17, 15) is 18.0 Å². The Bertz CT molecular complexity index is 820. The van der Waals surface area contributed by atoms with E-state index in [1.54, 1.807) is 12.1 Å². The maximum absolute atomic E-state index is 13.1. The fourth-order valence-corrected chi connectivity index (χ4v) is 4.36. The van der Waals surface area contributed by atoms with Crippen LogP contribution in [0.2, 0.25) is 0 Å². The van der Waals surface area contributed by atoms with Gasteiger partial charge in [0, 0.05) is 37.8 Å². The summed E-state index contributed by atoms with van der Waals surface area (Å²) in [6.45, 7) is 4.65. The van der Waals surface area contributed by atoms with E-state index in [0.29, 0.717) is 12.2 Å². The average Bonchev–Trinajstić information content (AvgIpc) is 3.28. The molecule has 8 nitrogen and oxygen atoms in total. The van der Waals surface area contributed by atoms with Gasteiger partial charge in [-0.25, -0.2) is 13.6 Å². The van der Waals surface area contributed by atoms with Crippen molar-refractivity contribution in [2.24, 2.45) is 11.1 Å². The molecule has 2 fully saturated rings. The van der Waals surface area contributed by atoms with Crippen LogP contribution in [0.15, 0.2) is 29.2 Å². The predicted molar refractivity (Wildman–Crippen MR) is 102 cm³/mol. The Kier molecular flexibility index (Phi) is 5.83. The molecule has 0 spiro atoms. The molecule has 9 heteroatoms. The summed E-state index contributed by atoms with van der Waals surface area (Å²) < 4.78 is 23.1. The Morgan fingerprint density at radius 2 is 2.19 bits per heavy atom. The first-order chi connectivity index (χ1) is 12.8. The monoisotopic (exact) mass is 394 g/mol. The molecule has 2 aliphatic rings. The van der Waals surface area contributed by atoms with E-state index in [1.165, 1.54) is 17.0 Å². The minimum absolute atomic E-state index is 0.00370. The van der Waals surface area contributed by atoms with Crippen molar-refractivity contribution in [3.63, 3.8) is 0 Å². The molecule has 2 amide bonds. The van der Waals surface area contributed by atoms with Crippen molar-refractivity contribution in [3.05, 3.63) is 24.3 Å². The number of nitrogens with zero attached hydrogens (tertiary/aromatic N) is 2. The fraction of sp³-hybridized carbons (Fsp3) is 0.556. The van der Waals surface area contributed by atoms with E-state index in [-0.39, 0.29) is 35.7 Å². The van der Waals surface area contributed by atoms with Crippen molar-refractivity contribution in [1.29, 1.82) is 0 Å². The van der Waals surface area contributed by atoms with E-state index in [2.05, 4.69) is 5.32 Å². The number of carbonyl (C=O) groups is 2. The third kappa shape index (κ3) is 4.31. The lowest BCUT2D eigenvalue weighted by Crippen LogP contribution is -2.45. The quantitative estimate of drug-likeness (QED) is 0.720. The maximum atomic E-state index is 13.1. The molecular weight excluding hydrogens is 368 g/mol. The largest absolute Gasteiger partial charge is 0.338 e. The van der Waals surface area contributed by atoms with Crippen LogP contribution in [0, 0.1) is 5.92 Å². The number of sulfonamides is 1. The molecule has 2 atom stereocenters. The van der Waals surface area contributed by atoms with Gasteiger partial charge < -0.3 is 15.1 Å². The average molecular weight is 394 g/mol. The van der Waals surface area contributed by atoms with Crippen molar-refractivity contribution in [2.45, 2.75) is 37.1 Å². The van der Waals surface area contributed by atoms with Crippen molar-refractivity contribution in [1.82, 2.24) is 10.2 Å². The number of rotatable bonds is 6. The van der Waals surface area contributed by atoms with Gasteiger partial charge in [0.05, 0.1) is 10.8 Å². The van der Waals surface area contributed by atoms with Crippen LogP contribution >= 0.6 is 0 Å². The summed E-state index contributed by atoms with van der Waals surface area (Å²) in [5.74, 6) is -0.590. The van der Waals surface area contributed by atoms with Gasteiger partial charge in [0.2, 0.25) is 21.8 Å². The van der Waals surface area contributed by atoms with Crippen LogP contribution in [0.1, 0.15) is 26.2 Å². The van der Waals surface area contributed by atoms with Gasteiger partial charge in [-0.05, 0) is 37.6 Å². The molecule has 1 aromatic carbocycles. The van der Waals surface area contributed by atoms with Gasteiger partial charge in [-0.3, -0.25) is 9.59 Å². The zero-order valence-electron chi connectivity index (χ0n) is 15.4. The van der Waals surface area contributed by atoms with Gasteiger partial charge in [-0.1, -0.05) is 13.0 Å². The van der Waals surface area contributed by atoms with Crippen molar-refractivity contribution < 1.29 is 18.0 Å². The lowest BCUT2D eigenvalue weighted by atomic mass is 10.0. The number of primary sulfonamides is 1. The fourth-order valence-electron chi connectivity index (χ4n) is 3.80. The van der Waals surface area contributed by atoms with Crippen LogP contribution < -0.4 is 15.4 Å². The lowest BCUT2D eigenvalue weighted by Gasteiger charge is -2.30. The second-order valence-corrected chi connectivity index (χ2v) is 8.69. The molecule has 0 radical (unpaired) electrons. The molecule has 3 N–H and O–H groups in total. The highest BCUT2D eigenvalue weighted by Crippen LogP contribution is 2.28. The Morgan fingerprint density at radius 3 is 2.81 bits per heavy atom. The summed E-state index contributed by atoms with van der Waals surface area (Å²) in [7, 11) is -3.85. The number of anilines is 1. The molecule has 2 aliphatic heterocycles. The smallest absolute Gasteiger partial charge is 0.238 e. The second-order valence-electron chi connectivity index (χ2n) is 7.13. The molecule has 148 valence electrons. The van der Waals surface area contributed by atoms with E-state index >= 15 is 0 Å². The molecule has 3 rings (SSSR count). The highest BCUT2D eigenvalue weighted by atomic mass is 32.2. The van der Waals surface area contributed by atoms with Gasteiger partial charge >= 0.3 is 0 Å². The van der Waals surface area contributed by atoms with E-state index in [0.717, 1.165) is 25.9 Å². The minimum atomic E-state index is -3.85. The Balaban J connectivity index is 1.77. The highest BCUT2D eigenvalue weighted by Gasteiger charge is 2.39. The number of hydrogen-bond acceptors (Lipinski definition) is 5. The summed E-state index contributed by atoms with van der Waals surface area (Å²) in [4.78, 5) is 28.9. The van der Waals surface area contributed by atoms with Gasteiger partial charge in [0.15, 0.2) is 0 Å². The highest BCUT2D eigenvalue weighted by molar-refractivity contribution is 7.89. The number of amides is 2. The van der Waals surface area contributed by atoms with Crippen LogP contribution in [-0.4, -0.2) is 57.4 Å². The Hall–Kier alpha value is -1.97. The van der Waals surface area contributed by atoms with Gasteiger partial charge in [-0.15, -0.1) is 0 Å². The molecule has 0 aromatic heterocycles. The van der Waals surface area contributed by atoms with Gasteiger partial charge in [0.1, 0.15) is 0 Å². The topological polar surface area (TPSA) is 113 Å². The van der Waals surface area contributed by atoms with Crippen LogP contribution in [0.3, 0.4) is 0 Å². The number of nitrogens with one attached hydrogen (secondary N) is 1. The summed E-state index contributed by atoms with van der Waals surface area (Å²) in [5.41, 5.74) is 0.450. The molecule has 0 saturated carbocycles. The van der Waals surface area contributed by atoms with E-state index in [4.69, 9.17) is 5.14 Å². The number of benzene rings is 1. The van der Waals surface area contributed by atoms with Crippen molar-refractivity contribution >= 4 is 27.5 Å². The zero-order chi connectivity index (χ0) is 19.6. The maximum Gasteiger partial charge on any atom is 0.238 e. The lowest BCUT2D eigenvalue weighted by molar-refractivity contribution is -0.137. The molecule has 0 bridgehead atoms. The van der Waals surface area contributed by atoms with Crippen LogP contribution in [0.25, 0.3) is 0 Å². The van der Waals surface area contributed by atoms with Crippen molar-refractivity contribution in [2.75, 3.05) is 31.1 Å². The summed E-state index contributed by atoms with van der Waals surface area (Å²) in [5, 5.41) is 8.46. The van der Waals surface area contributed by atoms with Gasteiger partial charge in [-0.2, -0.15) is 0 Å². The standard InChI is InChI=1S/C18H26N4O4S/c1-2-8-21(15-6-7-20-11-15)18(24)13-9-17(23)22(12-13)14-4-3-5-16(10-14)27(19,25)26/h3-5,10,13,15,20H,2,6-9,11-12H2,1H3,(H2,19,25,26). The van der Waals surface area contributed by atoms with Gasteiger partial charge in [0.25, 0.3) is 0 Å². The van der Waals surface area contributed by atoms with Crippen LogP contribution in [-0.2, 0) is 19.6 Å². The van der Waals surface area contributed by atoms with E-state index in [1.807, 2.05) is 11.8 Å². The molecule has 2 saturated heterocycles. The Morgan fingerprint density at radius 1 is 1.41 bits per heavy atom.